The highest BCUT2D eigenvalue weighted by Crippen LogP contribution is 2.18. The van der Waals surface area contributed by atoms with E-state index in [1.54, 1.807) is 34.6 Å². The summed E-state index contributed by atoms with van der Waals surface area (Å²) in [4.78, 5) is 35.8. The van der Waals surface area contributed by atoms with Crippen molar-refractivity contribution in [3.63, 3.8) is 0 Å². The first-order chi connectivity index (χ1) is 11.0. The third-order valence-electron chi connectivity index (χ3n) is 3.48. The Morgan fingerprint density at radius 2 is 1.96 bits per heavy atom. The summed E-state index contributed by atoms with van der Waals surface area (Å²) in [6.07, 6.45) is -1.43. The summed E-state index contributed by atoms with van der Waals surface area (Å²) in [6, 6.07) is -1.06. The molecule has 1 rings (SSSR count). The number of ether oxygens (including phenoxy) is 1. The molecule has 1 unspecified atom stereocenters. The Balaban J connectivity index is 2.79. The Morgan fingerprint density at radius 3 is 2.42 bits per heavy atom. The molecule has 0 aromatic heterocycles. The van der Waals surface area contributed by atoms with Gasteiger partial charge in [0.05, 0.1) is 6.04 Å². The van der Waals surface area contributed by atoms with Crippen LogP contribution < -0.4 is 16.0 Å². The van der Waals surface area contributed by atoms with Gasteiger partial charge in [-0.1, -0.05) is 0 Å². The first-order valence-electron chi connectivity index (χ1n) is 8.25. The van der Waals surface area contributed by atoms with E-state index in [-0.39, 0.29) is 24.3 Å². The highest BCUT2D eigenvalue weighted by atomic mass is 16.6. The van der Waals surface area contributed by atoms with Crippen LogP contribution in [0.2, 0.25) is 0 Å². The summed E-state index contributed by atoms with van der Waals surface area (Å²) in [6.45, 7) is 9.24. The number of nitrogens with one attached hydrogen (secondary N) is 3. The largest absolute Gasteiger partial charge is 0.444 e. The van der Waals surface area contributed by atoms with Gasteiger partial charge in [0.15, 0.2) is 6.10 Å². The molecule has 0 bridgehead atoms. The number of alkyl carbamates (subject to hydrolysis) is 1. The van der Waals surface area contributed by atoms with Crippen molar-refractivity contribution in [1.29, 1.82) is 0 Å². The standard InChI is InChI=1S/C16H29N3O5/c1-9(2)18-14(22)12(20)11(8-10-6-7-17-13(10)21)19-15(23)24-16(3,4)5/h9-12,20H,6-8H2,1-5H3,(H,17,21)(H,18,22)(H,19,23)/t10-,11-,12?/m0/s1. The maximum Gasteiger partial charge on any atom is 0.407 e. The van der Waals surface area contributed by atoms with Gasteiger partial charge in [-0.15, -0.1) is 0 Å². The zero-order valence-corrected chi connectivity index (χ0v) is 15.0. The molecule has 24 heavy (non-hydrogen) atoms. The minimum absolute atomic E-state index is 0.137. The molecule has 0 aliphatic carbocycles. The maximum absolute atomic E-state index is 12.1. The van der Waals surface area contributed by atoms with Gasteiger partial charge in [0, 0.05) is 18.5 Å². The highest BCUT2D eigenvalue weighted by Gasteiger charge is 2.35. The van der Waals surface area contributed by atoms with E-state index in [4.69, 9.17) is 4.74 Å². The molecule has 3 amide bonds. The van der Waals surface area contributed by atoms with Gasteiger partial charge in [-0.2, -0.15) is 0 Å². The van der Waals surface area contributed by atoms with Gasteiger partial charge in [0.2, 0.25) is 5.91 Å². The van der Waals surface area contributed by atoms with Crippen molar-refractivity contribution in [3.8, 4) is 0 Å². The second kappa shape index (κ2) is 8.32. The van der Waals surface area contributed by atoms with Gasteiger partial charge in [0.1, 0.15) is 5.60 Å². The second-order valence-corrected chi connectivity index (χ2v) is 7.37. The summed E-state index contributed by atoms with van der Waals surface area (Å²) in [5, 5.41) is 18.1. The zero-order valence-electron chi connectivity index (χ0n) is 15.0. The SMILES string of the molecule is CC(C)NC(=O)C(O)[C@H](C[C@@H]1CCNC1=O)NC(=O)OC(C)(C)C. The number of rotatable bonds is 6. The van der Waals surface area contributed by atoms with Gasteiger partial charge < -0.3 is 25.8 Å². The predicted molar refractivity (Wildman–Crippen MR) is 88.2 cm³/mol. The Kier molecular flexibility index (Phi) is 7.01. The van der Waals surface area contributed by atoms with E-state index >= 15 is 0 Å². The van der Waals surface area contributed by atoms with Crippen LogP contribution in [0.4, 0.5) is 4.79 Å². The van der Waals surface area contributed by atoms with Crippen LogP contribution in [0, 0.1) is 5.92 Å². The van der Waals surface area contributed by atoms with Gasteiger partial charge in [-0.05, 0) is 47.5 Å². The molecule has 0 saturated carbocycles. The van der Waals surface area contributed by atoms with Crippen LogP contribution in [0.25, 0.3) is 0 Å². The van der Waals surface area contributed by atoms with Crippen molar-refractivity contribution >= 4 is 17.9 Å². The van der Waals surface area contributed by atoms with Crippen LogP contribution in [0.1, 0.15) is 47.5 Å². The fourth-order valence-electron chi connectivity index (χ4n) is 2.45. The van der Waals surface area contributed by atoms with E-state index in [2.05, 4.69) is 16.0 Å². The molecule has 1 aliphatic rings. The van der Waals surface area contributed by atoms with Gasteiger partial charge in [-0.25, -0.2) is 4.79 Å². The smallest absolute Gasteiger partial charge is 0.407 e. The van der Waals surface area contributed by atoms with Crippen molar-refractivity contribution < 1.29 is 24.2 Å². The zero-order chi connectivity index (χ0) is 18.5. The number of aliphatic hydroxyl groups excluding tert-OH is 1. The minimum Gasteiger partial charge on any atom is -0.444 e. The van der Waals surface area contributed by atoms with Crippen LogP contribution in [0.15, 0.2) is 0 Å². The average molecular weight is 343 g/mol. The first kappa shape index (κ1) is 20.2. The summed E-state index contributed by atoms with van der Waals surface area (Å²) in [5.41, 5.74) is -0.704. The van der Waals surface area contributed by atoms with Crippen LogP contribution in [-0.2, 0) is 14.3 Å². The topological polar surface area (TPSA) is 117 Å². The van der Waals surface area contributed by atoms with E-state index < -0.39 is 29.7 Å². The lowest BCUT2D eigenvalue weighted by Crippen LogP contribution is -2.53. The minimum atomic E-state index is -1.46. The number of hydrogen-bond acceptors (Lipinski definition) is 5. The number of aliphatic hydroxyl groups is 1. The third kappa shape index (κ3) is 6.74. The van der Waals surface area contributed by atoms with Crippen molar-refractivity contribution in [2.45, 2.75) is 71.2 Å². The fourth-order valence-corrected chi connectivity index (χ4v) is 2.45. The van der Waals surface area contributed by atoms with Crippen molar-refractivity contribution in [1.82, 2.24) is 16.0 Å². The number of amides is 3. The number of hydrogen-bond donors (Lipinski definition) is 4. The van der Waals surface area contributed by atoms with E-state index in [0.29, 0.717) is 13.0 Å². The molecule has 3 atom stereocenters. The molecule has 1 aliphatic heterocycles. The molecule has 1 heterocycles. The van der Waals surface area contributed by atoms with Gasteiger partial charge >= 0.3 is 6.09 Å². The number of carbonyl (C=O) groups excluding carboxylic acids is 3. The molecule has 4 N–H and O–H groups in total. The normalized spacial score (nSPS) is 20.3. The molecular formula is C16H29N3O5. The van der Waals surface area contributed by atoms with Crippen molar-refractivity contribution in [3.05, 3.63) is 0 Å². The lowest BCUT2D eigenvalue weighted by Gasteiger charge is -2.27. The molecule has 1 saturated heterocycles. The molecule has 8 heteroatoms. The second-order valence-electron chi connectivity index (χ2n) is 7.37. The Bertz CT molecular complexity index is 473. The van der Waals surface area contributed by atoms with E-state index in [0.717, 1.165) is 0 Å². The Labute approximate surface area is 142 Å². The summed E-state index contributed by atoms with van der Waals surface area (Å²) in [7, 11) is 0. The Morgan fingerprint density at radius 1 is 1.33 bits per heavy atom. The molecule has 8 nitrogen and oxygen atoms in total. The third-order valence-corrected chi connectivity index (χ3v) is 3.48. The van der Waals surface area contributed by atoms with E-state index in [1.165, 1.54) is 0 Å². The quantitative estimate of drug-likeness (QED) is 0.553. The van der Waals surface area contributed by atoms with Crippen LogP contribution in [0.5, 0.6) is 0 Å². The van der Waals surface area contributed by atoms with Gasteiger partial charge in [-0.3, -0.25) is 9.59 Å². The van der Waals surface area contributed by atoms with E-state index in [1.807, 2.05) is 0 Å². The first-order valence-corrected chi connectivity index (χ1v) is 8.25. The maximum atomic E-state index is 12.1. The van der Waals surface area contributed by atoms with E-state index in [9.17, 15) is 19.5 Å². The van der Waals surface area contributed by atoms with Crippen LogP contribution >= 0.6 is 0 Å². The molecule has 138 valence electrons. The molecule has 0 spiro atoms. The monoisotopic (exact) mass is 343 g/mol. The van der Waals surface area contributed by atoms with Gasteiger partial charge in [0.25, 0.3) is 5.91 Å². The predicted octanol–water partition coefficient (Wildman–Crippen LogP) is 0.291. The number of carbonyl (C=O) groups is 3. The lowest BCUT2D eigenvalue weighted by molar-refractivity contribution is -0.132. The summed E-state index contributed by atoms with van der Waals surface area (Å²) in [5.74, 6) is -1.08. The molecular weight excluding hydrogens is 314 g/mol. The lowest BCUT2D eigenvalue weighted by atomic mass is 9.94. The molecule has 0 aromatic rings. The average Bonchev–Trinajstić information content (AvgIpc) is 2.79. The summed E-state index contributed by atoms with van der Waals surface area (Å²) < 4.78 is 5.18. The molecule has 1 fully saturated rings. The summed E-state index contributed by atoms with van der Waals surface area (Å²) >= 11 is 0. The Hall–Kier alpha value is -1.83. The van der Waals surface area contributed by atoms with Crippen molar-refractivity contribution in [2.24, 2.45) is 5.92 Å². The fraction of sp³-hybridized carbons (Fsp3) is 0.812. The van der Waals surface area contributed by atoms with Crippen molar-refractivity contribution in [2.75, 3.05) is 6.54 Å². The van der Waals surface area contributed by atoms with Crippen LogP contribution in [-0.4, -0.2) is 53.3 Å². The molecule has 0 aromatic carbocycles. The highest BCUT2D eigenvalue weighted by molar-refractivity contribution is 5.83. The molecule has 0 radical (unpaired) electrons. The van der Waals surface area contributed by atoms with Crippen LogP contribution in [0.3, 0.4) is 0 Å².